The normalized spacial score (nSPS) is 21.8. The van der Waals surface area contributed by atoms with Gasteiger partial charge in [-0.2, -0.15) is 13.2 Å². The number of urea groups is 1. The monoisotopic (exact) mass is 427 g/mol. The van der Waals surface area contributed by atoms with Crippen LogP contribution in [-0.4, -0.2) is 38.2 Å². The second-order valence-electron chi connectivity index (χ2n) is 7.48. The summed E-state index contributed by atoms with van der Waals surface area (Å²) in [6.45, 7) is 0. The van der Waals surface area contributed by atoms with Crippen molar-refractivity contribution in [3.63, 3.8) is 0 Å². The Morgan fingerprint density at radius 2 is 2.03 bits per heavy atom. The van der Waals surface area contributed by atoms with Gasteiger partial charge in [0.1, 0.15) is 11.6 Å². The molecule has 3 aromatic heterocycles. The Hall–Kier alpha value is -3.53. The Balaban J connectivity index is 1.52. The summed E-state index contributed by atoms with van der Waals surface area (Å²) in [6.07, 6.45) is -1.19. The Morgan fingerprint density at radius 1 is 1.19 bits per heavy atom. The first-order chi connectivity index (χ1) is 14.8. The quantitative estimate of drug-likeness (QED) is 0.649. The number of anilines is 2. The van der Waals surface area contributed by atoms with Crippen molar-refractivity contribution in [2.75, 3.05) is 10.2 Å². The molecule has 10 heteroatoms. The smallest absolute Gasteiger partial charge is 0.391 e. The van der Waals surface area contributed by atoms with E-state index in [1.54, 1.807) is 30.3 Å². The van der Waals surface area contributed by atoms with Crippen LogP contribution < -0.4 is 10.2 Å². The molecular weight excluding hydrogens is 411 g/mol. The van der Waals surface area contributed by atoms with Crippen LogP contribution >= 0.6 is 0 Å². The second-order valence-corrected chi connectivity index (χ2v) is 7.48. The third-order valence-electron chi connectivity index (χ3n) is 5.61. The van der Waals surface area contributed by atoms with Crippen molar-refractivity contribution in [2.45, 2.75) is 30.7 Å². The van der Waals surface area contributed by atoms with E-state index < -0.39 is 29.9 Å². The highest BCUT2D eigenvalue weighted by Gasteiger charge is 2.54. The average molecular weight is 427 g/mol. The highest BCUT2D eigenvalue weighted by molar-refractivity contribution is 6.03. The van der Waals surface area contributed by atoms with E-state index in [0.717, 1.165) is 17.8 Å². The number of halogens is 3. The lowest BCUT2D eigenvalue weighted by atomic mass is 9.75. The van der Waals surface area contributed by atoms with Crippen LogP contribution in [0.25, 0.3) is 11.3 Å². The van der Waals surface area contributed by atoms with Crippen molar-refractivity contribution in [3.8, 4) is 11.3 Å². The summed E-state index contributed by atoms with van der Waals surface area (Å²) in [6, 6.07) is 8.38. The van der Waals surface area contributed by atoms with Crippen LogP contribution in [-0.2, 0) is 6.18 Å². The number of carbonyl (C=O) groups is 1. The number of pyridine rings is 3. The molecule has 5 rings (SSSR count). The molecule has 1 fully saturated rings. The van der Waals surface area contributed by atoms with E-state index in [9.17, 15) is 23.1 Å². The van der Waals surface area contributed by atoms with Crippen LogP contribution in [0.5, 0.6) is 0 Å². The van der Waals surface area contributed by atoms with Gasteiger partial charge in [-0.3, -0.25) is 15.2 Å². The molecule has 0 bridgehead atoms. The molecule has 31 heavy (non-hydrogen) atoms. The lowest BCUT2D eigenvalue weighted by molar-refractivity contribution is -0.137. The minimum Gasteiger partial charge on any atom is -0.391 e. The van der Waals surface area contributed by atoms with E-state index in [1.807, 2.05) is 0 Å². The van der Waals surface area contributed by atoms with E-state index in [2.05, 4.69) is 20.3 Å². The first-order valence-corrected chi connectivity index (χ1v) is 9.56. The van der Waals surface area contributed by atoms with Gasteiger partial charge >= 0.3 is 12.2 Å². The number of rotatable bonds is 2. The number of aliphatic hydroxyl groups excluding tert-OH is 1. The number of aromatic nitrogens is 3. The van der Waals surface area contributed by atoms with Crippen molar-refractivity contribution in [2.24, 2.45) is 0 Å². The van der Waals surface area contributed by atoms with Crippen LogP contribution in [0.15, 0.2) is 55.0 Å². The minimum atomic E-state index is -4.53. The van der Waals surface area contributed by atoms with Gasteiger partial charge < -0.3 is 5.11 Å². The zero-order chi connectivity index (χ0) is 21.8. The van der Waals surface area contributed by atoms with Gasteiger partial charge in [0.15, 0.2) is 0 Å². The van der Waals surface area contributed by atoms with Crippen LogP contribution in [0, 0.1) is 0 Å². The zero-order valence-corrected chi connectivity index (χ0v) is 15.9. The lowest BCUT2D eigenvalue weighted by Gasteiger charge is -2.40. The Bertz CT molecular complexity index is 1160. The number of nitrogens with one attached hydrogen (secondary N) is 1. The molecule has 0 saturated heterocycles. The highest BCUT2D eigenvalue weighted by atomic mass is 19.4. The number of aliphatic hydroxyl groups is 1. The fraction of sp³-hybridized carbons (Fsp3) is 0.238. The molecule has 158 valence electrons. The molecular formula is C21H16F3N5O2. The molecule has 4 heterocycles. The number of amides is 2. The van der Waals surface area contributed by atoms with Gasteiger partial charge in [0.05, 0.1) is 23.4 Å². The molecule has 2 amide bonds. The Labute approximate surface area is 174 Å². The summed E-state index contributed by atoms with van der Waals surface area (Å²) in [7, 11) is 0. The van der Waals surface area contributed by atoms with E-state index in [-0.39, 0.29) is 17.2 Å². The van der Waals surface area contributed by atoms with Crippen LogP contribution in [0.2, 0.25) is 0 Å². The third kappa shape index (κ3) is 3.28. The van der Waals surface area contributed by atoms with Crippen LogP contribution in [0.4, 0.5) is 29.6 Å². The van der Waals surface area contributed by atoms with Crippen molar-refractivity contribution in [1.82, 2.24) is 15.0 Å². The van der Waals surface area contributed by atoms with Gasteiger partial charge in [0.25, 0.3) is 0 Å². The number of fused-ring (bicyclic) bond motifs is 3. The number of hydrogen-bond acceptors (Lipinski definition) is 5. The molecule has 0 spiro atoms. The van der Waals surface area contributed by atoms with E-state index in [0.29, 0.717) is 18.1 Å². The maximum atomic E-state index is 13.1. The van der Waals surface area contributed by atoms with E-state index >= 15 is 0 Å². The fourth-order valence-electron chi connectivity index (χ4n) is 4.09. The molecule has 2 aliphatic rings. The van der Waals surface area contributed by atoms with Crippen LogP contribution in [0.1, 0.15) is 23.5 Å². The van der Waals surface area contributed by atoms with Gasteiger partial charge in [-0.05, 0) is 30.7 Å². The summed E-state index contributed by atoms with van der Waals surface area (Å²) in [4.78, 5) is 26.6. The van der Waals surface area contributed by atoms with Crippen molar-refractivity contribution in [1.29, 1.82) is 0 Å². The summed E-state index contributed by atoms with van der Waals surface area (Å²) < 4.78 is 39.2. The SMILES string of the molecule is O=C(Nc1ccccn1)N1c2nc(-c3cncc(C(F)(F)F)c3)ccc2C2C[C@@H](O)C21. The van der Waals surface area contributed by atoms with Gasteiger partial charge in [0, 0.05) is 35.6 Å². The highest BCUT2D eigenvalue weighted by Crippen LogP contribution is 2.51. The predicted octanol–water partition coefficient (Wildman–Crippen LogP) is 3.83. The van der Waals surface area contributed by atoms with Crippen LogP contribution in [0.3, 0.4) is 0 Å². The standard InChI is InChI=1S/C21H16F3N5O2/c22-21(23,24)12-7-11(9-25-10-12)15-5-4-13-14-8-16(30)18(14)29(19(13)27-15)20(31)28-17-3-1-2-6-26-17/h1-7,9-10,14,16,18,30H,8H2,(H,26,28,31)/t14?,16-,18?/m1/s1. The Morgan fingerprint density at radius 3 is 2.74 bits per heavy atom. The predicted molar refractivity (Wildman–Crippen MR) is 105 cm³/mol. The summed E-state index contributed by atoms with van der Waals surface area (Å²) in [5.41, 5.74) is 0.328. The van der Waals surface area contributed by atoms with Gasteiger partial charge in [0.2, 0.25) is 0 Å². The fourth-order valence-corrected chi connectivity index (χ4v) is 4.09. The molecule has 1 saturated carbocycles. The summed E-state index contributed by atoms with van der Waals surface area (Å²) in [5, 5.41) is 13.0. The molecule has 1 aliphatic carbocycles. The summed E-state index contributed by atoms with van der Waals surface area (Å²) in [5.74, 6) is 0.570. The van der Waals surface area contributed by atoms with Gasteiger partial charge in [-0.25, -0.2) is 14.8 Å². The molecule has 3 atom stereocenters. The first-order valence-electron chi connectivity index (χ1n) is 9.56. The first kappa shape index (κ1) is 19.4. The minimum absolute atomic E-state index is 0.0827. The number of carbonyl (C=O) groups excluding carboxylic acids is 1. The lowest BCUT2D eigenvalue weighted by Crippen LogP contribution is -2.55. The maximum Gasteiger partial charge on any atom is 0.417 e. The van der Waals surface area contributed by atoms with Crippen molar-refractivity contribution >= 4 is 17.7 Å². The van der Waals surface area contributed by atoms with Gasteiger partial charge in [-0.15, -0.1) is 0 Å². The molecule has 0 radical (unpaired) electrons. The van der Waals surface area contributed by atoms with Gasteiger partial charge in [-0.1, -0.05) is 12.1 Å². The Kier molecular flexibility index (Phi) is 4.40. The number of hydrogen-bond donors (Lipinski definition) is 2. The summed E-state index contributed by atoms with van der Waals surface area (Å²) >= 11 is 0. The molecule has 3 aromatic rings. The number of nitrogens with zero attached hydrogens (tertiary/aromatic N) is 4. The largest absolute Gasteiger partial charge is 0.417 e. The molecule has 1 aliphatic heterocycles. The third-order valence-corrected chi connectivity index (χ3v) is 5.61. The second kappa shape index (κ2) is 7.02. The maximum absolute atomic E-state index is 13.1. The van der Waals surface area contributed by atoms with E-state index in [1.165, 1.54) is 17.3 Å². The number of alkyl halides is 3. The van der Waals surface area contributed by atoms with Crippen molar-refractivity contribution < 1.29 is 23.1 Å². The topological polar surface area (TPSA) is 91.2 Å². The average Bonchev–Trinajstić information content (AvgIpc) is 3.02. The zero-order valence-electron chi connectivity index (χ0n) is 15.9. The molecule has 7 nitrogen and oxygen atoms in total. The van der Waals surface area contributed by atoms with E-state index in [4.69, 9.17) is 0 Å². The van der Waals surface area contributed by atoms with Crippen molar-refractivity contribution in [3.05, 3.63) is 66.1 Å². The molecule has 0 aromatic carbocycles. The molecule has 2 unspecified atom stereocenters. The molecule has 2 N–H and O–H groups in total.